The molecule has 4 nitrogen and oxygen atoms in total. The standard InChI is InChI=1S/C26H37F3N2O2/c1-18(2)25(12-7-21(17-25)30-20-10-15-33-16-11-20)24(32)31-13-8-19(9-14-31)22-5-3-4-6-23(22)26(27,28)29/h5-6,8,18,20-21,30H,3-4,7,9-17H2,1-2H3. The molecule has 33 heavy (non-hydrogen) atoms. The molecular weight excluding hydrogens is 429 g/mol. The third-order valence-electron chi connectivity index (χ3n) is 8.07. The van der Waals surface area contributed by atoms with Crippen molar-refractivity contribution < 1.29 is 22.7 Å². The number of ether oxygens (including phenoxy) is 1. The zero-order valence-electron chi connectivity index (χ0n) is 19.8. The van der Waals surface area contributed by atoms with Gasteiger partial charge in [0.2, 0.25) is 5.91 Å². The molecule has 0 radical (unpaired) electrons. The molecule has 4 aliphatic rings. The first-order valence-electron chi connectivity index (χ1n) is 12.5. The van der Waals surface area contributed by atoms with Gasteiger partial charge < -0.3 is 15.0 Å². The molecule has 4 rings (SSSR count). The SMILES string of the molecule is CC(C)C1(C(=O)N2CC=C(C3=CCCC=C3C(F)(F)F)CC2)CCC(NC2CCOCC2)C1. The Morgan fingerprint density at radius 2 is 1.85 bits per heavy atom. The molecule has 0 bridgehead atoms. The molecule has 0 aromatic carbocycles. The number of carbonyl (C=O) groups excluding carboxylic acids is 1. The molecule has 0 aromatic heterocycles. The van der Waals surface area contributed by atoms with E-state index in [9.17, 15) is 18.0 Å². The molecule has 1 N–H and O–H groups in total. The number of halogens is 3. The lowest BCUT2D eigenvalue weighted by Crippen LogP contribution is -2.48. The van der Waals surface area contributed by atoms with E-state index in [1.54, 1.807) is 6.08 Å². The van der Waals surface area contributed by atoms with Crippen molar-refractivity contribution in [3.8, 4) is 0 Å². The summed E-state index contributed by atoms with van der Waals surface area (Å²) in [5.74, 6) is 0.394. The number of rotatable bonds is 5. The van der Waals surface area contributed by atoms with Crippen LogP contribution in [0.5, 0.6) is 0 Å². The second-order valence-corrected chi connectivity index (χ2v) is 10.3. The molecule has 2 unspecified atom stereocenters. The molecule has 7 heteroatoms. The Kier molecular flexibility index (Phi) is 7.39. The maximum atomic E-state index is 13.8. The predicted octanol–water partition coefficient (Wildman–Crippen LogP) is 5.32. The van der Waals surface area contributed by atoms with E-state index in [2.05, 4.69) is 19.2 Å². The third kappa shape index (κ3) is 5.24. The topological polar surface area (TPSA) is 41.6 Å². The molecule has 2 aliphatic carbocycles. The van der Waals surface area contributed by atoms with Gasteiger partial charge >= 0.3 is 6.18 Å². The van der Waals surface area contributed by atoms with Gasteiger partial charge in [0.15, 0.2) is 0 Å². The first-order valence-corrected chi connectivity index (χ1v) is 12.5. The largest absolute Gasteiger partial charge is 0.416 e. The summed E-state index contributed by atoms with van der Waals surface area (Å²) in [7, 11) is 0. The Balaban J connectivity index is 1.42. The van der Waals surface area contributed by atoms with Gasteiger partial charge in [-0.15, -0.1) is 0 Å². The number of nitrogens with zero attached hydrogens (tertiary/aromatic N) is 1. The van der Waals surface area contributed by atoms with E-state index in [0.29, 0.717) is 50.0 Å². The number of amides is 1. The number of hydrogen-bond donors (Lipinski definition) is 1. The van der Waals surface area contributed by atoms with Crippen molar-refractivity contribution in [1.29, 1.82) is 0 Å². The average Bonchev–Trinajstić information content (AvgIpc) is 3.24. The molecule has 2 atom stereocenters. The zero-order valence-corrected chi connectivity index (χ0v) is 19.8. The van der Waals surface area contributed by atoms with Crippen molar-refractivity contribution in [2.75, 3.05) is 26.3 Å². The number of hydrogen-bond acceptors (Lipinski definition) is 3. The zero-order chi connectivity index (χ0) is 23.6. The van der Waals surface area contributed by atoms with Crippen molar-refractivity contribution >= 4 is 5.91 Å². The molecular formula is C26H37F3N2O2. The fourth-order valence-corrected chi connectivity index (χ4v) is 6.04. The fraction of sp³-hybridized carbons (Fsp3) is 0.731. The maximum absolute atomic E-state index is 13.8. The van der Waals surface area contributed by atoms with Crippen LogP contribution < -0.4 is 5.32 Å². The van der Waals surface area contributed by atoms with Crippen molar-refractivity contribution in [2.24, 2.45) is 11.3 Å². The average molecular weight is 467 g/mol. The van der Waals surface area contributed by atoms with Crippen molar-refractivity contribution in [1.82, 2.24) is 10.2 Å². The smallest absolute Gasteiger partial charge is 0.381 e. The highest BCUT2D eigenvalue weighted by Gasteiger charge is 2.49. The lowest BCUT2D eigenvalue weighted by atomic mass is 9.74. The summed E-state index contributed by atoms with van der Waals surface area (Å²) in [5, 5.41) is 3.77. The molecule has 2 heterocycles. The summed E-state index contributed by atoms with van der Waals surface area (Å²) in [4.78, 5) is 15.6. The van der Waals surface area contributed by atoms with Gasteiger partial charge in [-0.1, -0.05) is 32.1 Å². The highest BCUT2D eigenvalue weighted by molar-refractivity contribution is 5.84. The Bertz CT molecular complexity index is 824. The molecule has 0 spiro atoms. The van der Waals surface area contributed by atoms with Crippen molar-refractivity contribution in [3.05, 3.63) is 34.9 Å². The Hall–Kier alpha value is -1.60. The maximum Gasteiger partial charge on any atom is 0.416 e. The highest BCUT2D eigenvalue weighted by atomic mass is 19.4. The highest BCUT2D eigenvalue weighted by Crippen LogP contribution is 2.47. The minimum atomic E-state index is -4.34. The van der Waals surface area contributed by atoms with Crippen LogP contribution in [0.25, 0.3) is 0 Å². The molecule has 184 valence electrons. The Morgan fingerprint density at radius 3 is 2.48 bits per heavy atom. The lowest BCUT2D eigenvalue weighted by Gasteiger charge is -2.39. The molecule has 1 amide bonds. The first-order chi connectivity index (χ1) is 15.7. The number of carbonyl (C=O) groups is 1. The summed E-state index contributed by atoms with van der Waals surface area (Å²) in [6.07, 6.45) is 6.79. The molecule has 0 aromatic rings. The van der Waals surface area contributed by atoms with Crippen LogP contribution in [0.2, 0.25) is 0 Å². The monoisotopic (exact) mass is 466 g/mol. The molecule has 1 saturated carbocycles. The van der Waals surface area contributed by atoms with Gasteiger partial charge in [0, 0.05) is 38.4 Å². The van der Waals surface area contributed by atoms with E-state index in [0.717, 1.165) is 50.9 Å². The van der Waals surface area contributed by atoms with Crippen LogP contribution in [0, 0.1) is 11.3 Å². The van der Waals surface area contributed by atoms with Gasteiger partial charge in [-0.3, -0.25) is 4.79 Å². The van der Waals surface area contributed by atoms with Crippen molar-refractivity contribution in [3.63, 3.8) is 0 Å². The summed E-state index contributed by atoms with van der Waals surface area (Å²) in [6, 6.07) is 0.796. The van der Waals surface area contributed by atoms with E-state index >= 15 is 0 Å². The van der Waals surface area contributed by atoms with Crippen LogP contribution in [0.4, 0.5) is 13.2 Å². The summed E-state index contributed by atoms with van der Waals surface area (Å²) < 4.78 is 45.9. The van der Waals surface area contributed by atoms with Crippen molar-refractivity contribution in [2.45, 2.75) is 83.5 Å². The van der Waals surface area contributed by atoms with E-state index in [4.69, 9.17) is 4.74 Å². The Labute approximate surface area is 195 Å². The van der Waals surface area contributed by atoms with Crippen LogP contribution in [-0.4, -0.2) is 55.4 Å². The molecule has 2 aliphatic heterocycles. The van der Waals surface area contributed by atoms with Crippen LogP contribution in [-0.2, 0) is 9.53 Å². The van der Waals surface area contributed by atoms with Gasteiger partial charge in [0.25, 0.3) is 0 Å². The minimum Gasteiger partial charge on any atom is -0.381 e. The second-order valence-electron chi connectivity index (χ2n) is 10.3. The molecule has 2 fully saturated rings. The van der Waals surface area contributed by atoms with Gasteiger partial charge in [-0.05, 0) is 68.4 Å². The van der Waals surface area contributed by atoms with Gasteiger partial charge in [0.1, 0.15) is 0 Å². The van der Waals surface area contributed by atoms with Gasteiger partial charge in [0.05, 0.1) is 11.0 Å². The number of allylic oxidation sites excluding steroid dienone is 4. The fourth-order valence-electron chi connectivity index (χ4n) is 6.04. The number of alkyl halides is 3. The Morgan fingerprint density at radius 1 is 1.12 bits per heavy atom. The van der Waals surface area contributed by atoms with E-state index in [1.807, 2.05) is 11.0 Å². The first kappa shape index (κ1) is 24.5. The third-order valence-corrected chi connectivity index (χ3v) is 8.07. The molecule has 1 saturated heterocycles. The van der Waals surface area contributed by atoms with Gasteiger partial charge in [-0.2, -0.15) is 13.2 Å². The van der Waals surface area contributed by atoms with E-state index < -0.39 is 17.2 Å². The quantitative estimate of drug-likeness (QED) is 0.597. The predicted molar refractivity (Wildman–Crippen MR) is 123 cm³/mol. The summed E-state index contributed by atoms with van der Waals surface area (Å²) in [6.45, 7) is 6.73. The summed E-state index contributed by atoms with van der Waals surface area (Å²) in [5.41, 5.74) is 0.138. The summed E-state index contributed by atoms with van der Waals surface area (Å²) >= 11 is 0. The lowest BCUT2D eigenvalue weighted by molar-refractivity contribution is -0.144. The normalized spacial score (nSPS) is 29.7. The van der Waals surface area contributed by atoms with Crippen LogP contribution >= 0.6 is 0 Å². The van der Waals surface area contributed by atoms with Crippen LogP contribution in [0.15, 0.2) is 34.9 Å². The van der Waals surface area contributed by atoms with Gasteiger partial charge in [-0.25, -0.2) is 0 Å². The minimum absolute atomic E-state index is 0.174. The van der Waals surface area contributed by atoms with Crippen LogP contribution in [0.1, 0.15) is 65.2 Å². The van der Waals surface area contributed by atoms with E-state index in [1.165, 1.54) is 6.08 Å². The van der Waals surface area contributed by atoms with E-state index in [-0.39, 0.29) is 11.8 Å². The van der Waals surface area contributed by atoms with Crippen LogP contribution in [0.3, 0.4) is 0 Å². The second kappa shape index (κ2) is 9.95. The number of nitrogens with one attached hydrogen (secondary N) is 1.